The summed E-state index contributed by atoms with van der Waals surface area (Å²) in [4.78, 5) is 27.7. The van der Waals surface area contributed by atoms with Gasteiger partial charge in [0, 0.05) is 26.1 Å². The maximum absolute atomic E-state index is 13.4. The van der Waals surface area contributed by atoms with Crippen molar-refractivity contribution in [3.63, 3.8) is 0 Å². The predicted octanol–water partition coefficient (Wildman–Crippen LogP) is 5.35. The summed E-state index contributed by atoms with van der Waals surface area (Å²) >= 11 is 12.2. The number of nitrogens with zero attached hydrogens (tertiary/aromatic N) is 2. The predicted molar refractivity (Wildman–Crippen MR) is 152 cm³/mol. The Morgan fingerprint density at radius 2 is 1.59 bits per heavy atom. The highest BCUT2D eigenvalue weighted by Gasteiger charge is 2.27. The van der Waals surface area contributed by atoms with Crippen LogP contribution in [0.15, 0.2) is 36.4 Å². The Morgan fingerprint density at radius 1 is 0.973 bits per heavy atom. The third-order valence-electron chi connectivity index (χ3n) is 5.84. The summed E-state index contributed by atoms with van der Waals surface area (Å²) in [6.07, 6.45) is 1.52. The highest BCUT2D eigenvalue weighted by molar-refractivity contribution is 7.92. The molecule has 2 aromatic carbocycles. The number of hydrogen-bond acceptors (Lipinski definition) is 4. The first-order chi connectivity index (χ1) is 17.2. The first kappa shape index (κ1) is 30.9. The van der Waals surface area contributed by atoms with Crippen molar-refractivity contribution in [1.82, 2.24) is 10.2 Å². The van der Waals surface area contributed by atoms with E-state index in [1.54, 1.807) is 25.1 Å². The van der Waals surface area contributed by atoms with E-state index >= 15 is 0 Å². The molecule has 0 spiro atoms. The molecule has 0 heterocycles. The molecule has 0 aliphatic carbocycles. The van der Waals surface area contributed by atoms with Gasteiger partial charge in [-0.2, -0.15) is 0 Å². The van der Waals surface area contributed by atoms with Crippen LogP contribution in [0, 0.1) is 19.8 Å². The fraction of sp³-hybridized carbons (Fsp3) is 0.481. The van der Waals surface area contributed by atoms with Crippen molar-refractivity contribution in [3.05, 3.63) is 63.1 Å². The van der Waals surface area contributed by atoms with Crippen LogP contribution < -0.4 is 9.62 Å². The summed E-state index contributed by atoms with van der Waals surface area (Å²) in [5.74, 6) is -0.245. The van der Waals surface area contributed by atoms with Crippen LogP contribution in [-0.2, 0) is 26.2 Å². The third kappa shape index (κ3) is 9.51. The van der Waals surface area contributed by atoms with Crippen molar-refractivity contribution in [1.29, 1.82) is 0 Å². The summed E-state index contributed by atoms with van der Waals surface area (Å²) < 4.78 is 26.4. The molecule has 7 nitrogen and oxygen atoms in total. The third-order valence-corrected chi connectivity index (χ3v) is 7.77. The fourth-order valence-corrected chi connectivity index (χ4v) is 5.24. The lowest BCUT2D eigenvalue weighted by molar-refractivity contribution is -0.140. The van der Waals surface area contributed by atoms with Gasteiger partial charge in [0.25, 0.3) is 0 Å². The molecule has 0 aliphatic heterocycles. The number of rotatable bonds is 12. The van der Waals surface area contributed by atoms with Gasteiger partial charge in [-0.1, -0.05) is 49.2 Å². The zero-order chi connectivity index (χ0) is 27.9. The number of carbonyl (C=O) groups is 2. The van der Waals surface area contributed by atoms with E-state index in [0.717, 1.165) is 22.9 Å². The molecule has 2 aromatic rings. The summed E-state index contributed by atoms with van der Waals surface area (Å²) in [6.45, 7) is 10.3. The highest BCUT2D eigenvalue weighted by Crippen LogP contribution is 2.25. The van der Waals surface area contributed by atoms with E-state index in [1.165, 1.54) is 9.21 Å². The number of anilines is 1. The molecule has 0 unspecified atom stereocenters. The molecule has 0 bridgehead atoms. The van der Waals surface area contributed by atoms with E-state index in [9.17, 15) is 18.0 Å². The molecule has 204 valence electrons. The van der Waals surface area contributed by atoms with Crippen molar-refractivity contribution < 1.29 is 18.0 Å². The van der Waals surface area contributed by atoms with E-state index in [-0.39, 0.29) is 43.7 Å². The number of hydrogen-bond donors (Lipinski definition) is 1. The Morgan fingerprint density at radius 3 is 2.14 bits per heavy atom. The van der Waals surface area contributed by atoms with Gasteiger partial charge in [-0.3, -0.25) is 13.9 Å². The zero-order valence-electron chi connectivity index (χ0n) is 22.3. The molecule has 0 aromatic heterocycles. The molecule has 37 heavy (non-hydrogen) atoms. The van der Waals surface area contributed by atoms with E-state index < -0.39 is 16.1 Å². The van der Waals surface area contributed by atoms with Crippen LogP contribution in [0.3, 0.4) is 0 Å². The molecule has 0 fully saturated rings. The van der Waals surface area contributed by atoms with Crippen molar-refractivity contribution in [2.75, 3.05) is 23.7 Å². The van der Waals surface area contributed by atoms with Crippen LogP contribution in [0.5, 0.6) is 0 Å². The minimum Gasteiger partial charge on any atom is -0.354 e. The summed E-state index contributed by atoms with van der Waals surface area (Å²) in [5, 5.41) is 3.65. The molecule has 1 atom stereocenters. The van der Waals surface area contributed by atoms with Crippen molar-refractivity contribution in [3.8, 4) is 0 Å². The van der Waals surface area contributed by atoms with E-state index in [4.69, 9.17) is 23.2 Å². The monoisotopic (exact) mass is 569 g/mol. The SMILES string of the molecule is Cc1cc(C)cc(N(CCCC(=O)N(Cc2ccc(Cl)c(Cl)c2)[C@@H](C)C(=O)NCC(C)C)S(C)(=O)=O)c1. The Hall–Kier alpha value is -2.29. The molecule has 0 aliphatic rings. The highest BCUT2D eigenvalue weighted by atomic mass is 35.5. The molecule has 0 radical (unpaired) electrons. The van der Waals surface area contributed by atoms with Gasteiger partial charge in [-0.25, -0.2) is 8.42 Å². The first-order valence-corrected chi connectivity index (χ1v) is 14.9. The number of nitrogens with one attached hydrogen (secondary N) is 1. The minimum absolute atomic E-state index is 0.0694. The smallest absolute Gasteiger partial charge is 0.242 e. The second-order valence-electron chi connectivity index (χ2n) is 9.87. The maximum atomic E-state index is 13.4. The largest absolute Gasteiger partial charge is 0.354 e. The van der Waals surface area contributed by atoms with Crippen molar-refractivity contribution in [2.45, 2.75) is 60.0 Å². The normalized spacial score (nSPS) is 12.4. The Balaban J connectivity index is 2.21. The van der Waals surface area contributed by atoms with Crippen LogP contribution in [0.1, 0.15) is 50.3 Å². The Kier molecular flexibility index (Phi) is 11.3. The van der Waals surface area contributed by atoms with E-state index in [1.807, 2.05) is 45.9 Å². The molecular formula is C27H37Cl2N3O4S. The van der Waals surface area contributed by atoms with Gasteiger partial charge in [-0.15, -0.1) is 0 Å². The van der Waals surface area contributed by atoms with Gasteiger partial charge < -0.3 is 10.2 Å². The lowest BCUT2D eigenvalue weighted by Crippen LogP contribution is -2.48. The van der Waals surface area contributed by atoms with Crippen molar-refractivity contribution in [2.24, 2.45) is 5.92 Å². The van der Waals surface area contributed by atoms with Gasteiger partial charge in [0.1, 0.15) is 6.04 Å². The summed E-state index contributed by atoms with van der Waals surface area (Å²) in [7, 11) is -3.56. The number of carbonyl (C=O) groups excluding carboxylic acids is 2. The van der Waals surface area contributed by atoms with Crippen LogP contribution in [0.4, 0.5) is 5.69 Å². The lowest BCUT2D eigenvalue weighted by Gasteiger charge is -2.30. The minimum atomic E-state index is -3.56. The van der Waals surface area contributed by atoms with E-state index in [2.05, 4.69) is 5.32 Å². The van der Waals surface area contributed by atoms with Crippen LogP contribution in [0.25, 0.3) is 0 Å². The van der Waals surface area contributed by atoms with Gasteiger partial charge >= 0.3 is 0 Å². The number of sulfonamides is 1. The fourth-order valence-electron chi connectivity index (χ4n) is 3.97. The van der Waals surface area contributed by atoms with Gasteiger partial charge in [-0.05, 0) is 74.1 Å². The number of halogens is 2. The van der Waals surface area contributed by atoms with Gasteiger partial charge in [0.2, 0.25) is 21.8 Å². The quantitative estimate of drug-likeness (QED) is 0.373. The second kappa shape index (κ2) is 13.5. The summed E-state index contributed by atoms with van der Waals surface area (Å²) in [5.41, 5.74) is 3.21. The molecule has 0 saturated heterocycles. The maximum Gasteiger partial charge on any atom is 0.242 e. The van der Waals surface area contributed by atoms with Gasteiger partial charge in [0.15, 0.2) is 0 Å². The number of amides is 2. The lowest BCUT2D eigenvalue weighted by atomic mass is 10.1. The van der Waals surface area contributed by atoms with E-state index in [0.29, 0.717) is 22.3 Å². The standard InChI is InChI=1S/C27H37Cl2N3O4S/c1-18(2)16-30-27(34)21(5)31(17-22-9-10-24(28)25(29)15-22)26(33)8-7-11-32(37(6,35)36)23-13-19(3)12-20(4)14-23/h9-10,12-15,18,21H,7-8,11,16-17H2,1-6H3,(H,30,34)/t21-/m0/s1. The first-order valence-electron chi connectivity index (χ1n) is 12.3. The number of benzene rings is 2. The second-order valence-corrected chi connectivity index (χ2v) is 12.6. The molecule has 2 rings (SSSR count). The van der Waals surface area contributed by atoms with Crippen molar-refractivity contribution >= 4 is 50.7 Å². The topological polar surface area (TPSA) is 86.8 Å². The molecule has 1 N–H and O–H groups in total. The molecule has 2 amide bonds. The molecule has 0 saturated carbocycles. The van der Waals surface area contributed by atoms with Crippen LogP contribution in [-0.4, -0.2) is 50.5 Å². The average molecular weight is 571 g/mol. The Bertz CT molecular complexity index is 1200. The summed E-state index contributed by atoms with van der Waals surface area (Å²) in [6, 6.07) is 9.96. The zero-order valence-corrected chi connectivity index (χ0v) is 24.7. The molecular weight excluding hydrogens is 533 g/mol. The number of aryl methyl sites for hydroxylation is 2. The van der Waals surface area contributed by atoms with Crippen LogP contribution in [0.2, 0.25) is 10.0 Å². The Labute approximate surface area is 231 Å². The van der Waals surface area contributed by atoms with Gasteiger partial charge in [0.05, 0.1) is 22.0 Å². The average Bonchev–Trinajstić information content (AvgIpc) is 2.78. The molecule has 10 heteroatoms. The van der Waals surface area contributed by atoms with Crippen LogP contribution >= 0.6 is 23.2 Å².